The maximum atomic E-state index is 12.6. The molecule has 4 rings (SSSR count). The van der Waals surface area contributed by atoms with Crippen molar-refractivity contribution in [2.45, 2.75) is 6.61 Å². The molecule has 0 saturated heterocycles. The second kappa shape index (κ2) is 9.92. The van der Waals surface area contributed by atoms with Gasteiger partial charge in [0.25, 0.3) is 5.91 Å². The smallest absolute Gasteiger partial charge is 0.268 e. The highest BCUT2D eigenvalue weighted by Gasteiger charge is 2.14. The average molecular weight is 462 g/mol. The molecule has 0 saturated carbocycles. The molecule has 0 bridgehead atoms. The molecule has 9 heteroatoms. The van der Waals surface area contributed by atoms with Crippen LogP contribution < -0.4 is 10.1 Å². The molecule has 0 aliphatic rings. The molecular weight excluding hydrogens is 446 g/mol. The fourth-order valence-electron chi connectivity index (χ4n) is 2.83. The van der Waals surface area contributed by atoms with Gasteiger partial charge in [-0.2, -0.15) is 5.26 Å². The summed E-state index contributed by atoms with van der Waals surface area (Å²) in [5, 5.41) is 21.6. The zero-order valence-corrected chi connectivity index (χ0v) is 18.2. The summed E-state index contributed by atoms with van der Waals surface area (Å²) in [7, 11) is 0. The molecule has 158 valence electrons. The number of nitriles is 1. The van der Waals surface area contributed by atoms with Gasteiger partial charge in [-0.1, -0.05) is 41.1 Å². The zero-order valence-electron chi connectivity index (χ0n) is 16.6. The highest BCUT2D eigenvalue weighted by atomic mass is 35.5. The molecule has 7 nitrogen and oxygen atoms in total. The highest BCUT2D eigenvalue weighted by Crippen LogP contribution is 2.21. The van der Waals surface area contributed by atoms with Crippen LogP contribution in [0.3, 0.4) is 0 Å². The molecule has 0 unspecified atom stereocenters. The van der Waals surface area contributed by atoms with Gasteiger partial charge in [-0.25, -0.2) is 0 Å². The summed E-state index contributed by atoms with van der Waals surface area (Å²) in [5.41, 5.74) is 1.47. The number of nitrogens with zero attached hydrogens (tertiary/aromatic N) is 4. The Hall–Kier alpha value is -3.93. The number of halogens is 1. The number of hydrogen-bond acceptors (Lipinski definition) is 6. The number of rotatable bonds is 7. The van der Waals surface area contributed by atoms with Crippen LogP contribution in [0.4, 0.5) is 5.13 Å². The van der Waals surface area contributed by atoms with Crippen molar-refractivity contribution in [3.05, 3.63) is 94.2 Å². The number of para-hydroxylation sites is 1. The van der Waals surface area contributed by atoms with Crippen molar-refractivity contribution in [3.63, 3.8) is 0 Å². The molecule has 2 aromatic carbocycles. The van der Waals surface area contributed by atoms with Gasteiger partial charge in [0.1, 0.15) is 24.0 Å². The third-order valence-corrected chi connectivity index (χ3v) is 5.40. The lowest BCUT2D eigenvalue weighted by Gasteiger charge is -2.07. The summed E-state index contributed by atoms with van der Waals surface area (Å²) in [6.07, 6.45) is 3.36. The van der Waals surface area contributed by atoms with E-state index in [4.69, 9.17) is 16.3 Å². The third-order valence-electron chi connectivity index (χ3n) is 4.34. The molecule has 2 aromatic heterocycles. The SMILES string of the molecule is N#C/C(=C/c1cccn1-c1ccc(Cl)cc1)C(=O)Nc1nnc(COc2ccccc2)s1. The van der Waals surface area contributed by atoms with E-state index >= 15 is 0 Å². The first-order valence-corrected chi connectivity index (χ1v) is 10.7. The lowest BCUT2D eigenvalue weighted by Crippen LogP contribution is -2.13. The molecule has 0 aliphatic carbocycles. The Labute approximate surface area is 193 Å². The summed E-state index contributed by atoms with van der Waals surface area (Å²) in [6.45, 7) is 0.229. The van der Waals surface area contributed by atoms with E-state index in [1.165, 1.54) is 17.4 Å². The van der Waals surface area contributed by atoms with Crippen molar-refractivity contribution in [2.75, 3.05) is 5.32 Å². The van der Waals surface area contributed by atoms with Crippen molar-refractivity contribution >= 4 is 40.1 Å². The van der Waals surface area contributed by atoms with Crippen LogP contribution in [0.2, 0.25) is 5.02 Å². The van der Waals surface area contributed by atoms with E-state index in [1.54, 1.807) is 12.1 Å². The van der Waals surface area contributed by atoms with Crippen LogP contribution in [0.15, 0.2) is 78.5 Å². The van der Waals surface area contributed by atoms with Gasteiger partial charge in [0.05, 0.1) is 0 Å². The van der Waals surface area contributed by atoms with Crippen molar-refractivity contribution in [3.8, 4) is 17.5 Å². The van der Waals surface area contributed by atoms with Crippen molar-refractivity contribution < 1.29 is 9.53 Å². The molecular formula is C23H16ClN5O2S. The van der Waals surface area contributed by atoms with Gasteiger partial charge in [-0.3, -0.25) is 10.1 Å². The molecule has 1 N–H and O–H groups in total. The molecule has 0 spiro atoms. The van der Waals surface area contributed by atoms with Gasteiger partial charge in [0.15, 0.2) is 5.01 Å². The van der Waals surface area contributed by atoms with E-state index in [-0.39, 0.29) is 17.3 Å². The molecule has 0 aliphatic heterocycles. The van der Waals surface area contributed by atoms with Crippen LogP contribution in [0.25, 0.3) is 11.8 Å². The largest absolute Gasteiger partial charge is 0.486 e. The quantitative estimate of drug-likeness (QED) is 0.305. The monoisotopic (exact) mass is 461 g/mol. The third kappa shape index (κ3) is 5.21. The second-order valence-corrected chi connectivity index (χ2v) is 8.00. The summed E-state index contributed by atoms with van der Waals surface area (Å²) in [5.74, 6) is 0.148. The summed E-state index contributed by atoms with van der Waals surface area (Å²) in [6, 6.07) is 22.2. The molecule has 0 radical (unpaired) electrons. The number of carbonyl (C=O) groups is 1. The van der Waals surface area contributed by atoms with E-state index in [1.807, 2.05) is 71.4 Å². The van der Waals surface area contributed by atoms with Gasteiger partial charge in [-0.15, -0.1) is 10.2 Å². The predicted octanol–water partition coefficient (Wildman–Crippen LogP) is 5.11. The Morgan fingerprint density at radius 2 is 1.91 bits per heavy atom. The topological polar surface area (TPSA) is 92.8 Å². The predicted molar refractivity (Wildman–Crippen MR) is 124 cm³/mol. The van der Waals surface area contributed by atoms with Gasteiger partial charge >= 0.3 is 0 Å². The highest BCUT2D eigenvalue weighted by molar-refractivity contribution is 7.15. The van der Waals surface area contributed by atoms with E-state index < -0.39 is 5.91 Å². The number of ether oxygens (including phenoxy) is 1. The molecule has 2 heterocycles. The Morgan fingerprint density at radius 3 is 2.66 bits per heavy atom. The number of amides is 1. The van der Waals surface area contributed by atoms with Gasteiger partial charge in [0.2, 0.25) is 5.13 Å². The lowest BCUT2D eigenvalue weighted by atomic mass is 10.2. The fraction of sp³-hybridized carbons (Fsp3) is 0.0435. The Bertz CT molecular complexity index is 1290. The number of benzene rings is 2. The molecule has 0 atom stereocenters. The second-order valence-electron chi connectivity index (χ2n) is 6.51. The van der Waals surface area contributed by atoms with Crippen LogP contribution in [0.1, 0.15) is 10.7 Å². The maximum Gasteiger partial charge on any atom is 0.268 e. The zero-order chi connectivity index (χ0) is 22.3. The minimum absolute atomic E-state index is 0.0591. The molecule has 4 aromatic rings. The molecule has 0 fully saturated rings. The van der Waals surface area contributed by atoms with E-state index in [0.717, 1.165) is 5.69 Å². The minimum atomic E-state index is -0.567. The first-order chi connectivity index (χ1) is 15.6. The van der Waals surface area contributed by atoms with Crippen molar-refractivity contribution in [2.24, 2.45) is 0 Å². The fourth-order valence-corrected chi connectivity index (χ4v) is 3.61. The number of aromatic nitrogens is 3. The van der Waals surface area contributed by atoms with E-state index in [2.05, 4.69) is 15.5 Å². The van der Waals surface area contributed by atoms with Crippen molar-refractivity contribution in [1.82, 2.24) is 14.8 Å². The van der Waals surface area contributed by atoms with Gasteiger partial charge < -0.3 is 9.30 Å². The maximum absolute atomic E-state index is 12.6. The van der Waals surface area contributed by atoms with Gasteiger partial charge in [-0.05, 0) is 54.6 Å². The number of hydrogen-bond donors (Lipinski definition) is 1. The Balaban J connectivity index is 1.45. The standard InChI is InChI=1S/C23H16ClN5O2S/c24-17-8-10-18(11-9-17)29-12-4-5-19(29)13-16(14-25)22(30)26-23-28-27-21(32-23)15-31-20-6-2-1-3-7-20/h1-13H,15H2,(H,26,28,30)/b16-13-. The van der Waals surface area contributed by atoms with Crippen LogP contribution in [0, 0.1) is 11.3 Å². The molecule has 1 amide bonds. The molecule has 32 heavy (non-hydrogen) atoms. The first kappa shape index (κ1) is 21.3. The summed E-state index contributed by atoms with van der Waals surface area (Å²) >= 11 is 7.14. The van der Waals surface area contributed by atoms with Gasteiger partial charge in [0, 0.05) is 22.6 Å². The summed E-state index contributed by atoms with van der Waals surface area (Å²) < 4.78 is 7.48. The minimum Gasteiger partial charge on any atom is -0.486 e. The number of anilines is 1. The van der Waals surface area contributed by atoms with Crippen LogP contribution in [0.5, 0.6) is 5.75 Å². The van der Waals surface area contributed by atoms with Crippen LogP contribution >= 0.6 is 22.9 Å². The normalized spacial score (nSPS) is 11.1. The number of carbonyl (C=O) groups excluding carboxylic acids is 1. The van der Waals surface area contributed by atoms with Crippen LogP contribution in [-0.2, 0) is 11.4 Å². The van der Waals surface area contributed by atoms with Crippen LogP contribution in [-0.4, -0.2) is 20.7 Å². The number of nitrogens with one attached hydrogen (secondary N) is 1. The van der Waals surface area contributed by atoms with Crippen molar-refractivity contribution in [1.29, 1.82) is 5.26 Å². The summed E-state index contributed by atoms with van der Waals surface area (Å²) in [4.78, 5) is 12.6. The first-order valence-electron chi connectivity index (χ1n) is 9.49. The van der Waals surface area contributed by atoms with E-state index in [0.29, 0.717) is 21.5 Å². The Morgan fingerprint density at radius 1 is 1.12 bits per heavy atom. The van der Waals surface area contributed by atoms with E-state index in [9.17, 15) is 10.1 Å². The Kier molecular flexibility index (Phi) is 6.60. The average Bonchev–Trinajstić information content (AvgIpc) is 3.46. The lowest BCUT2D eigenvalue weighted by molar-refractivity contribution is -0.112.